The summed E-state index contributed by atoms with van der Waals surface area (Å²) in [4.78, 5) is 17.4. The highest BCUT2D eigenvalue weighted by Gasteiger charge is 2.13. The summed E-state index contributed by atoms with van der Waals surface area (Å²) in [7, 11) is 3.19. The van der Waals surface area contributed by atoms with Crippen LogP contribution in [0.4, 0.5) is 0 Å². The molecular weight excluding hydrogens is 370 g/mol. The van der Waals surface area contributed by atoms with E-state index in [1.54, 1.807) is 18.8 Å². The Morgan fingerprint density at radius 3 is 2.81 bits per heavy atom. The second kappa shape index (κ2) is 8.25. The molecule has 0 radical (unpaired) electrons. The van der Waals surface area contributed by atoms with Crippen LogP contribution < -0.4 is 15.0 Å². The van der Waals surface area contributed by atoms with E-state index in [1.165, 1.54) is 23.1 Å². The molecule has 2 heterocycles. The number of hydrogen-bond donors (Lipinski definition) is 0. The van der Waals surface area contributed by atoms with Crippen LogP contribution in [0.15, 0.2) is 39.6 Å². The minimum Gasteiger partial charge on any atom is -0.493 e. The third-order valence-electron chi connectivity index (χ3n) is 3.87. The Bertz CT molecular complexity index is 1020. The molecule has 0 aliphatic carbocycles. The number of hydrogen-bond acceptors (Lipinski definition) is 7. The summed E-state index contributed by atoms with van der Waals surface area (Å²) in [6.07, 6.45) is 0.638. The molecule has 3 rings (SSSR count). The topological polar surface area (TPSA) is 77.1 Å². The van der Waals surface area contributed by atoms with Gasteiger partial charge >= 0.3 is 0 Å². The highest BCUT2D eigenvalue weighted by Crippen LogP contribution is 2.28. The second-order valence-electron chi connectivity index (χ2n) is 5.37. The van der Waals surface area contributed by atoms with Crippen LogP contribution in [0.25, 0.3) is 10.2 Å². The number of aromatic nitrogens is 2. The molecule has 0 fully saturated rings. The third-order valence-corrected chi connectivity index (χ3v) is 5.60. The highest BCUT2D eigenvalue weighted by molar-refractivity contribution is 7.99. The Morgan fingerprint density at radius 1 is 1.27 bits per heavy atom. The van der Waals surface area contributed by atoms with Crippen molar-refractivity contribution in [1.29, 1.82) is 5.26 Å². The molecule has 1 aromatic carbocycles. The number of benzene rings is 1. The van der Waals surface area contributed by atoms with E-state index in [0.717, 1.165) is 5.56 Å². The summed E-state index contributed by atoms with van der Waals surface area (Å²) >= 11 is 2.67. The monoisotopic (exact) mass is 387 g/mol. The van der Waals surface area contributed by atoms with Gasteiger partial charge in [0.2, 0.25) is 0 Å². The number of thiophene rings is 1. The molecule has 0 atom stereocenters. The van der Waals surface area contributed by atoms with Crippen LogP contribution >= 0.6 is 23.1 Å². The molecule has 0 aliphatic heterocycles. The van der Waals surface area contributed by atoms with Crippen LogP contribution in [-0.2, 0) is 13.0 Å². The average Bonchev–Trinajstić information content (AvgIpc) is 3.14. The first-order valence-corrected chi connectivity index (χ1v) is 9.73. The van der Waals surface area contributed by atoms with Gasteiger partial charge in [-0.3, -0.25) is 9.36 Å². The molecule has 0 amide bonds. The van der Waals surface area contributed by atoms with Gasteiger partial charge in [0.1, 0.15) is 4.70 Å². The zero-order chi connectivity index (χ0) is 18.5. The lowest BCUT2D eigenvalue weighted by molar-refractivity contribution is 0.354. The van der Waals surface area contributed by atoms with Gasteiger partial charge in [-0.15, -0.1) is 11.3 Å². The van der Waals surface area contributed by atoms with Gasteiger partial charge in [0, 0.05) is 6.54 Å². The molecule has 8 heteroatoms. The fourth-order valence-electron chi connectivity index (χ4n) is 2.60. The van der Waals surface area contributed by atoms with E-state index in [9.17, 15) is 4.79 Å². The predicted octanol–water partition coefficient (Wildman–Crippen LogP) is 3.33. The summed E-state index contributed by atoms with van der Waals surface area (Å²) < 4.78 is 12.9. The zero-order valence-electron chi connectivity index (χ0n) is 14.4. The number of fused-ring (bicyclic) bond motifs is 1. The Labute approximate surface area is 159 Å². The van der Waals surface area contributed by atoms with Crippen molar-refractivity contribution in [2.75, 3.05) is 20.0 Å². The van der Waals surface area contributed by atoms with E-state index in [1.807, 2.05) is 29.6 Å². The second-order valence-corrected chi connectivity index (χ2v) is 7.23. The molecular formula is C18H17N3O3S2. The summed E-state index contributed by atoms with van der Waals surface area (Å²) in [5.74, 6) is 1.57. The Morgan fingerprint density at radius 2 is 2.08 bits per heavy atom. The fraction of sp³-hybridized carbons (Fsp3) is 0.278. The molecule has 0 saturated carbocycles. The molecule has 6 nitrogen and oxygen atoms in total. The summed E-state index contributed by atoms with van der Waals surface area (Å²) in [5.41, 5.74) is 1.64. The van der Waals surface area contributed by atoms with Crippen LogP contribution in [0.5, 0.6) is 11.5 Å². The highest BCUT2D eigenvalue weighted by atomic mass is 32.2. The van der Waals surface area contributed by atoms with E-state index >= 15 is 0 Å². The molecule has 2 aromatic heterocycles. The lowest BCUT2D eigenvalue weighted by Crippen LogP contribution is -2.23. The van der Waals surface area contributed by atoms with Crippen molar-refractivity contribution in [1.82, 2.24) is 9.55 Å². The number of nitriles is 1. The number of ether oxygens (including phenoxy) is 2. The number of nitrogens with zero attached hydrogens (tertiary/aromatic N) is 3. The third kappa shape index (κ3) is 3.69. The molecule has 0 unspecified atom stereocenters. The SMILES string of the molecule is COc1ccc(CCn2c(SCC#N)nc3ccsc3c2=O)cc1OC. The normalized spacial score (nSPS) is 10.7. The van der Waals surface area contributed by atoms with Gasteiger partial charge in [-0.1, -0.05) is 17.8 Å². The van der Waals surface area contributed by atoms with Gasteiger partial charge in [-0.25, -0.2) is 4.98 Å². The first-order valence-electron chi connectivity index (χ1n) is 7.86. The van der Waals surface area contributed by atoms with Crippen LogP contribution in [0.1, 0.15) is 5.56 Å². The van der Waals surface area contributed by atoms with E-state index in [0.29, 0.717) is 39.8 Å². The molecule has 0 N–H and O–H groups in total. The first kappa shape index (κ1) is 18.3. The van der Waals surface area contributed by atoms with Crippen LogP contribution in [-0.4, -0.2) is 29.5 Å². The van der Waals surface area contributed by atoms with Crippen molar-refractivity contribution in [2.45, 2.75) is 18.1 Å². The average molecular weight is 387 g/mol. The standard InChI is InChI=1S/C18H17N3O3S2/c1-23-14-4-3-12(11-15(14)24-2)5-8-21-17(22)16-13(6-9-25-16)20-18(21)26-10-7-19/h3-4,6,9,11H,5,8,10H2,1-2H3. The molecule has 0 spiro atoms. The van der Waals surface area contributed by atoms with Crippen molar-refractivity contribution in [3.05, 3.63) is 45.6 Å². The minimum absolute atomic E-state index is 0.0640. The fourth-order valence-corrected chi connectivity index (χ4v) is 4.07. The Hall–Kier alpha value is -2.50. The van der Waals surface area contributed by atoms with Gasteiger partial charge < -0.3 is 9.47 Å². The number of thioether (sulfide) groups is 1. The zero-order valence-corrected chi connectivity index (χ0v) is 16.0. The number of aryl methyl sites for hydroxylation is 1. The molecule has 3 aromatic rings. The van der Waals surface area contributed by atoms with Crippen molar-refractivity contribution in [3.8, 4) is 17.6 Å². The van der Waals surface area contributed by atoms with Crippen molar-refractivity contribution in [3.63, 3.8) is 0 Å². The summed E-state index contributed by atoms with van der Waals surface area (Å²) in [6.45, 7) is 0.475. The Kier molecular flexibility index (Phi) is 5.81. The summed E-state index contributed by atoms with van der Waals surface area (Å²) in [6, 6.07) is 9.62. The minimum atomic E-state index is -0.0640. The Balaban J connectivity index is 1.91. The van der Waals surface area contributed by atoms with Crippen molar-refractivity contribution >= 4 is 33.3 Å². The predicted molar refractivity (Wildman–Crippen MR) is 103 cm³/mol. The van der Waals surface area contributed by atoms with Crippen LogP contribution in [0.2, 0.25) is 0 Å². The van der Waals surface area contributed by atoms with Gasteiger partial charge in [-0.05, 0) is 35.6 Å². The smallest absolute Gasteiger partial charge is 0.272 e. The van der Waals surface area contributed by atoms with E-state index in [-0.39, 0.29) is 11.3 Å². The van der Waals surface area contributed by atoms with Gasteiger partial charge in [0.25, 0.3) is 5.56 Å². The maximum atomic E-state index is 12.8. The molecule has 0 aliphatic rings. The van der Waals surface area contributed by atoms with Crippen LogP contribution in [0.3, 0.4) is 0 Å². The van der Waals surface area contributed by atoms with Crippen molar-refractivity contribution in [2.24, 2.45) is 0 Å². The maximum absolute atomic E-state index is 12.8. The quantitative estimate of drug-likeness (QED) is 0.457. The van der Waals surface area contributed by atoms with E-state index in [2.05, 4.69) is 11.1 Å². The largest absolute Gasteiger partial charge is 0.493 e. The van der Waals surface area contributed by atoms with Gasteiger partial charge in [0.15, 0.2) is 16.7 Å². The molecule has 134 valence electrons. The summed E-state index contributed by atoms with van der Waals surface area (Å²) in [5, 5.41) is 11.3. The first-order chi connectivity index (χ1) is 12.7. The molecule has 0 bridgehead atoms. The lowest BCUT2D eigenvalue weighted by Gasteiger charge is -2.12. The maximum Gasteiger partial charge on any atom is 0.272 e. The number of rotatable bonds is 7. The molecule has 26 heavy (non-hydrogen) atoms. The number of methoxy groups -OCH3 is 2. The molecule has 0 saturated heterocycles. The van der Waals surface area contributed by atoms with E-state index in [4.69, 9.17) is 14.7 Å². The van der Waals surface area contributed by atoms with Gasteiger partial charge in [-0.2, -0.15) is 5.26 Å². The van der Waals surface area contributed by atoms with E-state index < -0.39 is 0 Å². The lowest BCUT2D eigenvalue weighted by atomic mass is 10.1. The van der Waals surface area contributed by atoms with Crippen LogP contribution in [0, 0.1) is 11.3 Å². The van der Waals surface area contributed by atoms with Gasteiger partial charge in [0.05, 0.1) is 31.6 Å². The van der Waals surface area contributed by atoms with Crippen molar-refractivity contribution < 1.29 is 9.47 Å².